The van der Waals surface area contributed by atoms with Crippen molar-refractivity contribution in [2.75, 3.05) is 13.1 Å². The first-order valence-corrected chi connectivity index (χ1v) is 6.81. The first kappa shape index (κ1) is 14.6. The Bertz CT molecular complexity index is 550. The Morgan fingerprint density at radius 3 is 2.65 bits per heavy atom. The van der Waals surface area contributed by atoms with E-state index in [0.29, 0.717) is 18.1 Å². The summed E-state index contributed by atoms with van der Waals surface area (Å²) in [5.41, 5.74) is 0.790. The fourth-order valence-electron chi connectivity index (χ4n) is 2.09. The molecule has 1 heterocycles. The third-order valence-corrected chi connectivity index (χ3v) is 3.97. The molecule has 20 heavy (non-hydrogen) atoms. The highest BCUT2D eigenvalue weighted by atomic mass is 35.5. The van der Waals surface area contributed by atoms with Crippen LogP contribution in [-0.2, 0) is 9.59 Å². The van der Waals surface area contributed by atoms with Crippen LogP contribution in [0.25, 0.3) is 6.08 Å². The Morgan fingerprint density at radius 1 is 1.40 bits per heavy atom. The van der Waals surface area contributed by atoms with Gasteiger partial charge in [-0.2, -0.15) is 0 Å². The highest BCUT2D eigenvalue weighted by Gasteiger charge is 2.36. The van der Waals surface area contributed by atoms with Crippen LogP contribution in [0.5, 0.6) is 0 Å². The van der Waals surface area contributed by atoms with E-state index in [1.807, 2.05) is 18.2 Å². The molecule has 1 fully saturated rings. The Labute approximate surface area is 122 Å². The van der Waals surface area contributed by atoms with Crippen LogP contribution >= 0.6 is 11.6 Å². The van der Waals surface area contributed by atoms with E-state index in [1.54, 1.807) is 24.0 Å². The van der Waals surface area contributed by atoms with Crippen LogP contribution < -0.4 is 0 Å². The van der Waals surface area contributed by atoms with E-state index in [4.69, 9.17) is 16.7 Å². The fraction of sp³-hybridized carbons (Fsp3) is 0.333. The van der Waals surface area contributed by atoms with Crippen LogP contribution in [0.3, 0.4) is 0 Å². The molecule has 1 N–H and O–H groups in total. The summed E-state index contributed by atoms with van der Waals surface area (Å²) in [4.78, 5) is 24.4. The minimum atomic E-state index is -0.811. The number of amides is 1. The summed E-state index contributed by atoms with van der Waals surface area (Å²) in [5, 5.41) is 9.49. The van der Waals surface area contributed by atoms with E-state index in [2.05, 4.69) is 0 Å². The third-order valence-electron chi connectivity index (χ3n) is 3.63. The molecule has 4 nitrogen and oxygen atoms in total. The zero-order chi connectivity index (χ0) is 14.7. The molecule has 0 aromatic heterocycles. The quantitative estimate of drug-likeness (QED) is 0.868. The largest absolute Gasteiger partial charge is 0.481 e. The Morgan fingerprint density at radius 2 is 2.05 bits per heavy atom. The second-order valence-corrected chi connectivity index (χ2v) is 5.39. The van der Waals surface area contributed by atoms with Crippen molar-refractivity contribution in [2.24, 2.45) is 11.8 Å². The highest BCUT2D eigenvalue weighted by Crippen LogP contribution is 2.24. The van der Waals surface area contributed by atoms with Gasteiger partial charge in [0.2, 0.25) is 5.91 Å². The summed E-state index contributed by atoms with van der Waals surface area (Å²) >= 11 is 5.99. The molecule has 0 radical (unpaired) electrons. The summed E-state index contributed by atoms with van der Waals surface area (Å²) in [6.45, 7) is 2.67. The lowest BCUT2D eigenvalue weighted by Crippen LogP contribution is -2.53. The monoisotopic (exact) mass is 293 g/mol. The molecule has 0 saturated carbocycles. The molecule has 1 unspecified atom stereocenters. The van der Waals surface area contributed by atoms with E-state index in [1.165, 1.54) is 6.08 Å². The van der Waals surface area contributed by atoms with Crippen molar-refractivity contribution in [3.8, 4) is 0 Å². The van der Waals surface area contributed by atoms with Gasteiger partial charge >= 0.3 is 5.97 Å². The topological polar surface area (TPSA) is 57.6 Å². The lowest BCUT2D eigenvalue weighted by molar-refractivity contribution is -0.148. The van der Waals surface area contributed by atoms with Gasteiger partial charge in [-0.15, -0.1) is 0 Å². The third kappa shape index (κ3) is 3.20. The van der Waals surface area contributed by atoms with E-state index in [0.717, 1.165) is 5.56 Å². The average Bonchev–Trinajstić information content (AvgIpc) is 2.35. The number of hydrogen-bond acceptors (Lipinski definition) is 2. The van der Waals surface area contributed by atoms with E-state index >= 15 is 0 Å². The van der Waals surface area contributed by atoms with Crippen LogP contribution in [0.2, 0.25) is 5.02 Å². The normalized spacial score (nSPS) is 17.0. The maximum atomic E-state index is 11.9. The van der Waals surface area contributed by atoms with Gasteiger partial charge in [0.25, 0.3) is 0 Å². The molecule has 0 spiro atoms. The van der Waals surface area contributed by atoms with Gasteiger partial charge < -0.3 is 10.0 Å². The number of carboxylic acid groups (broad SMARTS) is 1. The number of carboxylic acids is 1. The number of benzene rings is 1. The van der Waals surface area contributed by atoms with Crippen molar-refractivity contribution in [2.45, 2.75) is 6.92 Å². The molecule has 2 rings (SSSR count). The van der Waals surface area contributed by atoms with Gasteiger partial charge in [0.15, 0.2) is 0 Å². The SMILES string of the molecule is CC(C(=O)O)C1CN(C(=O)/C=C/c2ccccc2Cl)C1. The molecule has 1 atom stereocenters. The zero-order valence-corrected chi connectivity index (χ0v) is 11.9. The van der Waals surface area contributed by atoms with Gasteiger partial charge in [-0.3, -0.25) is 9.59 Å². The Hall–Kier alpha value is -1.81. The van der Waals surface area contributed by atoms with Gasteiger partial charge in [0.05, 0.1) is 5.92 Å². The molecular weight excluding hydrogens is 278 g/mol. The first-order chi connectivity index (χ1) is 9.49. The summed E-state index contributed by atoms with van der Waals surface area (Å²) < 4.78 is 0. The number of hydrogen-bond donors (Lipinski definition) is 1. The molecule has 1 aromatic rings. The van der Waals surface area contributed by atoms with E-state index in [9.17, 15) is 9.59 Å². The number of carbonyl (C=O) groups is 2. The maximum Gasteiger partial charge on any atom is 0.306 e. The van der Waals surface area contributed by atoms with Crippen molar-refractivity contribution < 1.29 is 14.7 Å². The van der Waals surface area contributed by atoms with Crippen LogP contribution in [0, 0.1) is 11.8 Å². The van der Waals surface area contributed by atoms with E-state index < -0.39 is 11.9 Å². The van der Waals surface area contributed by atoms with Gasteiger partial charge in [0.1, 0.15) is 0 Å². The van der Waals surface area contributed by atoms with Crippen molar-refractivity contribution in [3.05, 3.63) is 40.9 Å². The molecule has 1 aliphatic heterocycles. The van der Waals surface area contributed by atoms with E-state index in [-0.39, 0.29) is 11.8 Å². The second kappa shape index (κ2) is 6.09. The van der Waals surface area contributed by atoms with Crippen molar-refractivity contribution in [1.29, 1.82) is 0 Å². The van der Waals surface area contributed by atoms with Crippen molar-refractivity contribution >= 4 is 29.6 Å². The standard InChI is InChI=1S/C15H16ClNO3/c1-10(15(19)20)12-8-17(9-12)14(18)7-6-11-4-2-3-5-13(11)16/h2-7,10,12H,8-9H2,1H3,(H,19,20)/b7-6+. The fourth-order valence-corrected chi connectivity index (χ4v) is 2.29. The molecule has 1 amide bonds. The molecule has 1 aromatic carbocycles. The molecule has 5 heteroatoms. The molecule has 106 valence electrons. The van der Waals surface area contributed by atoms with Gasteiger partial charge in [-0.1, -0.05) is 36.7 Å². The molecular formula is C15H16ClNO3. The van der Waals surface area contributed by atoms with Gasteiger partial charge in [-0.25, -0.2) is 0 Å². The lowest BCUT2D eigenvalue weighted by Gasteiger charge is -2.40. The van der Waals surface area contributed by atoms with Crippen molar-refractivity contribution in [1.82, 2.24) is 4.90 Å². The predicted molar refractivity (Wildman–Crippen MR) is 77.4 cm³/mol. The van der Waals surface area contributed by atoms with Crippen LogP contribution in [0.1, 0.15) is 12.5 Å². The van der Waals surface area contributed by atoms with Crippen LogP contribution in [0.4, 0.5) is 0 Å². The number of halogens is 1. The average molecular weight is 294 g/mol. The zero-order valence-electron chi connectivity index (χ0n) is 11.1. The van der Waals surface area contributed by atoms with Gasteiger partial charge in [-0.05, 0) is 17.7 Å². The lowest BCUT2D eigenvalue weighted by atomic mass is 9.87. The maximum absolute atomic E-state index is 11.9. The first-order valence-electron chi connectivity index (χ1n) is 6.43. The van der Waals surface area contributed by atoms with Crippen molar-refractivity contribution in [3.63, 3.8) is 0 Å². The minimum Gasteiger partial charge on any atom is -0.481 e. The molecule has 1 saturated heterocycles. The second-order valence-electron chi connectivity index (χ2n) is 4.99. The number of carbonyl (C=O) groups excluding carboxylic acids is 1. The van der Waals surface area contributed by atoms with Gasteiger partial charge in [0, 0.05) is 30.1 Å². The molecule has 0 bridgehead atoms. The molecule has 1 aliphatic rings. The summed E-state index contributed by atoms with van der Waals surface area (Å²) in [6.07, 6.45) is 3.15. The summed E-state index contributed by atoms with van der Waals surface area (Å²) in [7, 11) is 0. The Balaban J connectivity index is 1.89. The summed E-state index contributed by atoms with van der Waals surface area (Å²) in [6, 6.07) is 7.27. The Kier molecular flexibility index (Phi) is 4.45. The highest BCUT2D eigenvalue weighted by molar-refractivity contribution is 6.32. The molecule has 0 aliphatic carbocycles. The predicted octanol–water partition coefficient (Wildman–Crippen LogP) is 2.53. The minimum absolute atomic E-state index is 0.0464. The number of aliphatic carboxylic acids is 1. The number of rotatable bonds is 4. The van der Waals surface area contributed by atoms with Crippen LogP contribution in [0.15, 0.2) is 30.3 Å². The summed E-state index contributed by atoms with van der Waals surface area (Å²) in [5.74, 6) is -1.29. The van der Waals surface area contributed by atoms with Crippen LogP contribution in [-0.4, -0.2) is 35.0 Å². The number of nitrogens with zero attached hydrogens (tertiary/aromatic N) is 1. The number of likely N-dealkylation sites (tertiary alicyclic amines) is 1. The smallest absolute Gasteiger partial charge is 0.306 e.